The third kappa shape index (κ3) is 6.41. The van der Waals surface area contributed by atoms with E-state index in [1.807, 2.05) is 25.1 Å². The fraction of sp³-hybridized carbons (Fsp3) is 0.571. The number of benzene rings is 1. The number of hydrogen-bond acceptors (Lipinski definition) is 3. The van der Waals surface area contributed by atoms with Crippen molar-refractivity contribution in [3.8, 4) is 0 Å². The van der Waals surface area contributed by atoms with Crippen LogP contribution in [0, 0.1) is 5.92 Å². The van der Waals surface area contributed by atoms with Gasteiger partial charge in [0.15, 0.2) is 0 Å². The van der Waals surface area contributed by atoms with Crippen LogP contribution in [0.1, 0.15) is 12.5 Å². The highest BCUT2D eigenvalue weighted by Gasteiger charge is 2.04. The molecule has 0 aliphatic carbocycles. The smallest absolute Gasteiger partial charge is 0.0717 e. The second-order valence-electron chi connectivity index (χ2n) is 4.59. The lowest BCUT2D eigenvalue weighted by Gasteiger charge is -2.19. The molecule has 17 heavy (non-hydrogen) atoms. The molecule has 1 aromatic rings. The van der Waals surface area contributed by atoms with Gasteiger partial charge in [-0.05, 0) is 18.5 Å². The molecule has 3 nitrogen and oxygen atoms in total. The molecule has 0 heterocycles. The van der Waals surface area contributed by atoms with E-state index in [1.54, 1.807) is 0 Å². The quantitative estimate of drug-likeness (QED) is 0.699. The first-order chi connectivity index (χ1) is 8.22. The first kappa shape index (κ1) is 14.2. The molecule has 0 aliphatic heterocycles. The summed E-state index contributed by atoms with van der Waals surface area (Å²) in [6.45, 7) is 5.49. The van der Waals surface area contributed by atoms with Gasteiger partial charge in [0.25, 0.3) is 0 Å². The van der Waals surface area contributed by atoms with Gasteiger partial charge in [-0.15, -0.1) is 0 Å². The van der Waals surface area contributed by atoms with Crippen LogP contribution in [0.4, 0.5) is 0 Å². The molecule has 1 N–H and O–H groups in total. The van der Waals surface area contributed by atoms with Crippen LogP contribution < -0.4 is 0 Å². The largest absolute Gasteiger partial charge is 0.396 e. The molecule has 3 heteroatoms. The SMILES string of the molecule is CC(CO)CN(C)CCOCc1ccccc1. The molecule has 0 bridgehead atoms. The monoisotopic (exact) mass is 237 g/mol. The van der Waals surface area contributed by atoms with E-state index < -0.39 is 0 Å². The molecule has 0 aliphatic rings. The molecule has 0 spiro atoms. The molecule has 0 radical (unpaired) electrons. The molecule has 1 aromatic carbocycles. The minimum Gasteiger partial charge on any atom is -0.396 e. The summed E-state index contributed by atoms with van der Waals surface area (Å²) in [5.41, 5.74) is 1.21. The van der Waals surface area contributed by atoms with Gasteiger partial charge >= 0.3 is 0 Å². The van der Waals surface area contributed by atoms with Crippen LogP contribution in [0.25, 0.3) is 0 Å². The summed E-state index contributed by atoms with van der Waals surface area (Å²) in [6, 6.07) is 10.2. The third-order valence-electron chi connectivity index (χ3n) is 2.66. The predicted molar refractivity (Wildman–Crippen MR) is 69.8 cm³/mol. The molecular weight excluding hydrogens is 214 g/mol. The predicted octanol–water partition coefficient (Wildman–Crippen LogP) is 1.76. The number of likely N-dealkylation sites (N-methyl/N-ethyl adjacent to an activating group) is 1. The average molecular weight is 237 g/mol. The van der Waals surface area contributed by atoms with E-state index in [2.05, 4.69) is 24.1 Å². The summed E-state index contributed by atoms with van der Waals surface area (Å²) in [6.07, 6.45) is 0. The second-order valence-corrected chi connectivity index (χ2v) is 4.59. The summed E-state index contributed by atoms with van der Waals surface area (Å²) in [4.78, 5) is 2.19. The molecule has 1 atom stereocenters. The molecule has 0 saturated heterocycles. The average Bonchev–Trinajstić information content (AvgIpc) is 2.36. The molecule has 0 aromatic heterocycles. The Morgan fingerprint density at radius 2 is 2.00 bits per heavy atom. The normalized spacial score (nSPS) is 12.9. The summed E-state index contributed by atoms with van der Waals surface area (Å²) >= 11 is 0. The van der Waals surface area contributed by atoms with Gasteiger partial charge < -0.3 is 14.7 Å². The van der Waals surface area contributed by atoms with Gasteiger partial charge in [0.2, 0.25) is 0 Å². The topological polar surface area (TPSA) is 32.7 Å². The Labute approximate surface area is 104 Å². The van der Waals surface area contributed by atoms with Crippen LogP contribution >= 0.6 is 0 Å². The van der Waals surface area contributed by atoms with Crippen molar-refractivity contribution in [3.63, 3.8) is 0 Å². The number of aliphatic hydroxyl groups is 1. The van der Waals surface area contributed by atoms with Crippen molar-refractivity contribution in [1.82, 2.24) is 4.90 Å². The van der Waals surface area contributed by atoms with Crippen LogP contribution in [0.5, 0.6) is 0 Å². The zero-order valence-electron chi connectivity index (χ0n) is 10.8. The molecular formula is C14H23NO2. The standard InChI is InChI=1S/C14H23NO2/c1-13(11-16)10-15(2)8-9-17-12-14-6-4-3-5-7-14/h3-7,13,16H,8-12H2,1-2H3. The molecule has 0 fully saturated rings. The summed E-state index contributed by atoms with van der Waals surface area (Å²) in [5.74, 6) is 0.328. The fourth-order valence-electron chi connectivity index (χ4n) is 1.67. The number of aliphatic hydroxyl groups excluding tert-OH is 1. The Balaban J connectivity index is 2.08. The van der Waals surface area contributed by atoms with Crippen LogP contribution in [-0.2, 0) is 11.3 Å². The summed E-state index contributed by atoms with van der Waals surface area (Å²) < 4.78 is 5.60. The molecule has 1 unspecified atom stereocenters. The van der Waals surface area contributed by atoms with Crippen LogP contribution in [0.3, 0.4) is 0 Å². The van der Waals surface area contributed by atoms with Crippen molar-refractivity contribution in [2.24, 2.45) is 5.92 Å². The van der Waals surface area contributed by atoms with Crippen molar-refractivity contribution in [2.45, 2.75) is 13.5 Å². The minimum atomic E-state index is 0.245. The Morgan fingerprint density at radius 3 is 2.65 bits per heavy atom. The lowest BCUT2D eigenvalue weighted by Crippen LogP contribution is -2.29. The Morgan fingerprint density at radius 1 is 1.29 bits per heavy atom. The van der Waals surface area contributed by atoms with Gasteiger partial charge in [0.05, 0.1) is 13.2 Å². The minimum absolute atomic E-state index is 0.245. The van der Waals surface area contributed by atoms with Gasteiger partial charge in [-0.1, -0.05) is 37.3 Å². The third-order valence-corrected chi connectivity index (χ3v) is 2.66. The van der Waals surface area contributed by atoms with E-state index >= 15 is 0 Å². The molecule has 1 rings (SSSR count). The van der Waals surface area contributed by atoms with E-state index in [9.17, 15) is 0 Å². The number of ether oxygens (including phenoxy) is 1. The van der Waals surface area contributed by atoms with Gasteiger partial charge in [0, 0.05) is 19.7 Å². The van der Waals surface area contributed by atoms with Crippen LogP contribution in [-0.4, -0.2) is 43.4 Å². The zero-order chi connectivity index (χ0) is 12.5. The van der Waals surface area contributed by atoms with E-state index in [1.165, 1.54) is 5.56 Å². The van der Waals surface area contributed by atoms with Crippen molar-refractivity contribution < 1.29 is 9.84 Å². The lowest BCUT2D eigenvalue weighted by atomic mass is 10.2. The molecule has 0 amide bonds. The Bertz CT molecular complexity index is 290. The molecule has 96 valence electrons. The van der Waals surface area contributed by atoms with E-state index in [0.717, 1.165) is 19.7 Å². The summed E-state index contributed by atoms with van der Waals surface area (Å²) in [7, 11) is 2.05. The van der Waals surface area contributed by atoms with E-state index in [0.29, 0.717) is 12.5 Å². The number of rotatable bonds is 8. The first-order valence-electron chi connectivity index (χ1n) is 6.13. The van der Waals surface area contributed by atoms with E-state index in [-0.39, 0.29) is 6.61 Å². The van der Waals surface area contributed by atoms with Gasteiger partial charge in [-0.3, -0.25) is 0 Å². The van der Waals surface area contributed by atoms with Gasteiger partial charge in [-0.2, -0.15) is 0 Å². The number of hydrogen-bond donors (Lipinski definition) is 1. The maximum atomic E-state index is 8.95. The van der Waals surface area contributed by atoms with Crippen LogP contribution in [0.15, 0.2) is 30.3 Å². The Hall–Kier alpha value is -0.900. The van der Waals surface area contributed by atoms with Gasteiger partial charge in [0.1, 0.15) is 0 Å². The Kier molecular flexibility index (Phi) is 6.86. The fourth-order valence-corrected chi connectivity index (χ4v) is 1.67. The van der Waals surface area contributed by atoms with Gasteiger partial charge in [-0.25, -0.2) is 0 Å². The molecule has 0 saturated carbocycles. The van der Waals surface area contributed by atoms with Crippen LogP contribution in [0.2, 0.25) is 0 Å². The first-order valence-corrected chi connectivity index (χ1v) is 6.13. The maximum Gasteiger partial charge on any atom is 0.0717 e. The highest BCUT2D eigenvalue weighted by molar-refractivity contribution is 5.13. The zero-order valence-corrected chi connectivity index (χ0v) is 10.8. The second kappa shape index (κ2) is 8.23. The lowest BCUT2D eigenvalue weighted by molar-refractivity contribution is 0.0918. The highest BCUT2D eigenvalue weighted by Crippen LogP contribution is 2.01. The highest BCUT2D eigenvalue weighted by atomic mass is 16.5. The maximum absolute atomic E-state index is 8.95. The van der Waals surface area contributed by atoms with Crippen molar-refractivity contribution in [2.75, 3.05) is 33.4 Å². The van der Waals surface area contributed by atoms with Crippen molar-refractivity contribution in [1.29, 1.82) is 0 Å². The van der Waals surface area contributed by atoms with E-state index in [4.69, 9.17) is 9.84 Å². The van der Waals surface area contributed by atoms with Crippen molar-refractivity contribution in [3.05, 3.63) is 35.9 Å². The van der Waals surface area contributed by atoms with Crippen molar-refractivity contribution >= 4 is 0 Å². The number of nitrogens with zero attached hydrogens (tertiary/aromatic N) is 1. The summed E-state index contributed by atoms with van der Waals surface area (Å²) in [5, 5.41) is 8.95.